The van der Waals surface area contributed by atoms with E-state index < -0.39 is 17.9 Å². The first-order valence-corrected chi connectivity index (χ1v) is 8.61. The summed E-state index contributed by atoms with van der Waals surface area (Å²) in [5.41, 5.74) is 0. The molecule has 0 aromatic heterocycles. The van der Waals surface area contributed by atoms with Crippen LogP contribution < -0.4 is 15.2 Å². The van der Waals surface area contributed by atoms with Gasteiger partial charge < -0.3 is 20.0 Å². The summed E-state index contributed by atoms with van der Waals surface area (Å²) in [5, 5.41) is 15.4. The Morgan fingerprint density at radius 3 is 2.70 bits per heavy atom. The van der Waals surface area contributed by atoms with Crippen LogP contribution in [0.15, 0.2) is 42.5 Å². The van der Waals surface area contributed by atoms with E-state index in [-0.39, 0.29) is 6.61 Å². The van der Waals surface area contributed by atoms with Crippen molar-refractivity contribution in [1.82, 2.24) is 5.32 Å². The molecule has 0 bridgehead atoms. The van der Waals surface area contributed by atoms with Crippen LogP contribution >= 0.6 is 11.8 Å². The molecule has 0 unspecified atom stereocenters. The van der Waals surface area contributed by atoms with E-state index >= 15 is 0 Å². The van der Waals surface area contributed by atoms with E-state index in [2.05, 4.69) is 5.32 Å². The highest BCUT2D eigenvalue weighted by Gasteiger charge is 2.14. The van der Waals surface area contributed by atoms with E-state index in [0.717, 1.165) is 10.8 Å². The maximum Gasteiger partial charge on any atom is 0.258 e. The Kier molecular flexibility index (Phi) is 6.29. The first kappa shape index (κ1) is 17.1. The Morgan fingerprint density at radius 1 is 1.22 bits per heavy atom. The largest absolute Gasteiger partial charge is 0.548 e. The Labute approximate surface area is 139 Å². The monoisotopic (exact) mass is 332 g/mol. The molecule has 0 saturated carbocycles. The average Bonchev–Trinajstić information content (AvgIpc) is 2.56. The number of ether oxygens (including phenoxy) is 1. The third-order valence-electron chi connectivity index (χ3n) is 3.34. The number of benzene rings is 2. The van der Waals surface area contributed by atoms with Crippen LogP contribution in [-0.2, 0) is 9.59 Å². The van der Waals surface area contributed by atoms with Crippen molar-refractivity contribution in [1.29, 1.82) is 0 Å². The molecule has 0 fully saturated rings. The molecule has 0 aliphatic carbocycles. The third kappa shape index (κ3) is 4.89. The summed E-state index contributed by atoms with van der Waals surface area (Å²) < 4.78 is 5.54. The lowest BCUT2D eigenvalue weighted by atomic mass is 10.1. The SMILES string of the molecule is CSCC[C@H](NC(=O)COc1cccc2ccccc12)C(=O)[O-]. The molecule has 0 spiro atoms. The predicted molar refractivity (Wildman–Crippen MR) is 89.4 cm³/mol. The third-order valence-corrected chi connectivity index (χ3v) is 3.98. The van der Waals surface area contributed by atoms with Crippen molar-refractivity contribution in [3.05, 3.63) is 42.5 Å². The van der Waals surface area contributed by atoms with Gasteiger partial charge in [0.15, 0.2) is 6.61 Å². The van der Waals surface area contributed by atoms with Crippen molar-refractivity contribution in [2.75, 3.05) is 18.6 Å². The standard InChI is InChI=1S/C17H19NO4S/c1-23-10-9-14(17(20)21)18-16(19)11-22-15-8-4-6-12-5-2-3-7-13(12)15/h2-8,14H,9-11H2,1H3,(H,18,19)(H,20,21)/p-1/t14-/m0/s1. The number of carbonyl (C=O) groups is 2. The van der Waals surface area contributed by atoms with Gasteiger partial charge in [-0.3, -0.25) is 4.79 Å². The smallest absolute Gasteiger partial charge is 0.258 e. The van der Waals surface area contributed by atoms with E-state index in [9.17, 15) is 14.7 Å². The van der Waals surface area contributed by atoms with Gasteiger partial charge in [0.25, 0.3) is 5.91 Å². The van der Waals surface area contributed by atoms with Crippen LogP contribution in [0.1, 0.15) is 6.42 Å². The van der Waals surface area contributed by atoms with Crippen LogP contribution in [0.25, 0.3) is 10.8 Å². The second kappa shape index (κ2) is 8.43. The second-order valence-electron chi connectivity index (χ2n) is 4.99. The minimum Gasteiger partial charge on any atom is -0.548 e. The van der Waals surface area contributed by atoms with Gasteiger partial charge in [-0.05, 0) is 29.9 Å². The number of hydrogen-bond donors (Lipinski definition) is 1. The average molecular weight is 332 g/mol. The molecule has 2 rings (SSSR count). The van der Waals surface area contributed by atoms with Gasteiger partial charge in [-0.1, -0.05) is 36.4 Å². The fourth-order valence-corrected chi connectivity index (χ4v) is 2.66. The van der Waals surface area contributed by atoms with Crippen molar-refractivity contribution < 1.29 is 19.4 Å². The minimum absolute atomic E-state index is 0.239. The molecule has 2 aromatic carbocycles. The summed E-state index contributed by atoms with van der Waals surface area (Å²) >= 11 is 1.51. The highest BCUT2D eigenvalue weighted by atomic mass is 32.2. The number of fused-ring (bicyclic) bond motifs is 1. The van der Waals surface area contributed by atoms with Crippen molar-refractivity contribution >= 4 is 34.4 Å². The van der Waals surface area contributed by atoms with Crippen molar-refractivity contribution in [3.8, 4) is 5.75 Å². The summed E-state index contributed by atoms with van der Waals surface area (Å²) in [5.74, 6) is -0.540. The fraction of sp³-hybridized carbons (Fsp3) is 0.294. The predicted octanol–water partition coefficient (Wildman–Crippen LogP) is 1.21. The van der Waals surface area contributed by atoms with Gasteiger partial charge in [0.2, 0.25) is 0 Å². The number of nitrogens with one attached hydrogen (secondary N) is 1. The molecule has 0 heterocycles. The van der Waals surface area contributed by atoms with E-state index in [1.165, 1.54) is 11.8 Å². The number of carbonyl (C=O) groups excluding carboxylic acids is 2. The van der Waals surface area contributed by atoms with Gasteiger partial charge in [0, 0.05) is 5.39 Å². The molecule has 0 saturated heterocycles. The van der Waals surface area contributed by atoms with Crippen molar-refractivity contribution in [2.24, 2.45) is 0 Å². The Balaban J connectivity index is 1.96. The van der Waals surface area contributed by atoms with Gasteiger partial charge in [0.05, 0.1) is 12.0 Å². The van der Waals surface area contributed by atoms with E-state index in [1.54, 1.807) is 6.07 Å². The maximum atomic E-state index is 11.9. The highest BCUT2D eigenvalue weighted by Crippen LogP contribution is 2.24. The molecule has 122 valence electrons. The summed E-state index contributed by atoms with van der Waals surface area (Å²) in [6.07, 6.45) is 2.20. The van der Waals surface area contributed by atoms with E-state index in [0.29, 0.717) is 17.9 Å². The summed E-state index contributed by atoms with van der Waals surface area (Å²) in [6, 6.07) is 12.3. The fourth-order valence-electron chi connectivity index (χ4n) is 2.19. The zero-order valence-corrected chi connectivity index (χ0v) is 13.6. The van der Waals surface area contributed by atoms with Crippen molar-refractivity contribution in [3.63, 3.8) is 0 Å². The van der Waals surface area contributed by atoms with Crippen molar-refractivity contribution in [2.45, 2.75) is 12.5 Å². The van der Waals surface area contributed by atoms with Crippen LogP contribution in [0, 0.1) is 0 Å². The van der Waals surface area contributed by atoms with Gasteiger partial charge in [0.1, 0.15) is 5.75 Å². The number of carboxylic acid groups (broad SMARTS) is 1. The van der Waals surface area contributed by atoms with Gasteiger partial charge >= 0.3 is 0 Å². The number of carboxylic acids is 1. The first-order valence-electron chi connectivity index (χ1n) is 7.21. The summed E-state index contributed by atoms with van der Waals surface area (Å²) in [6.45, 7) is -0.239. The van der Waals surface area contributed by atoms with Gasteiger partial charge in [-0.2, -0.15) is 11.8 Å². The van der Waals surface area contributed by atoms with Crippen LogP contribution in [0.5, 0.6) is 5.75 Å². The number of amides is 1. The molecule has 1 N–H and O–H groups in total. The second-order valence-corrected chi connectivity index (χ2v) is 5.97. The van der Waals surface area contributed by atoms with Gasteiger partial charge in [-0.15, -0.1) is 0 Å². The Bertz CT molecular complexity index is 684. The lowest BCUT2D eigenvalue weighted by molar-refractivity contribution is -0.308. The molecule has 2 aromatic rings. The minimum atomic E-state index is -1.28. The number of hydrogen-bond acceptors (Lipinski definition) is 5. The van der Waals surface area contributed by atoms with E-state index in [1.807, 2.05) is 42.7 Å². The summed E-state index contributed by atoms with van der Waals surface area (Å²) in [4.78, 5) is 22.9. The topological polar surface area (TPSA) is 78.5 Å². The van der Waals surface area contributed by atoms with Crippen LogP contribution in [0.2, 0.25) is 0 Å². The molecule has 0 aliphatic rings. The van der Waals surface area contributed by atoms with E-state index in [4.69, 9.17) is 4.74 Å². The lowest BCUT2D eigenvalue weighted by Crippen LogP contribution is -2.49. The molecule has 1 atom stereocenters. The Morgan fingerprint density at radius 2 is 1.96 bits per heavy atom. The van der Waals surface area contributed by atoms with Gasteiger partial charge in [-0.25, -0.2) is 0 Å². The first-order chi connectivity index (χ1) is 11.1. The zero-order valence-electron chi connectivity index (χ0n) is 12.8. The van der Waals surface area contributed by atoms with Crippen LogP contribution in [0.4, 0.5) is 0 Å². The molecule has 23 heavy (non-hydrogen) atoms. The number of rotatable bonds is 8. The normalized spacial score (nSPS) is 11.9. The molecular formula is C17H18NO4S-. The maximum absolute atomic E-state index is 11.9. The number of thioether (sulfide) groups is 1. The lowest BCUT2D eigenvalue weighted by Gasteiger charge is -2.19. The molecule has 1 amide bonds. The number of aliphatic carboxylic acids is 1. The van der Waals surface area contributed by atoms with Crippen LogP contribution in [0.3, 0.4) is 0 Å². The molecule has 6 heteroatoms. The Hall–Kier alpha value is -2.21. The molecular weight excluding hydrogens is 314 g/mol. The highest BCUT2D eigenvalue weighted by molar-refractivity contribution is 7.98. The molecule has 5 nitrogen and oxygen atoms in total. The van der Waals surface area contributed by atoms with Crippen LogP contribution in [-0.4, -0.2) is 36.5 Å². The zero-order chi connectivity index (χ0) is 16.7. The summed E-state index contributed by atoms with van der Waals surface area (Å²) in [7, 11) is 0. The molecule has 0 radical (unpaired) electrons. The molecule has 0 aliphatic heterocycles. The quantitative estimate of drug-likeness (QED) is 0.786.